The van der Waals surface area contributed by atoms with Gasteiger partial charge in [0.15, 0.2) is 0 Å². The van der Waals surface area contributed by atoms with E-state index in [1.807, 2.05) is 10.7 Å². The lowest BCUT2D eigenvalue weighted by atomic mass is 9.84. The summed E-state index contributed by atoms with van der Waals surface area (Å²) >= 11 is 0. The number of aromatic nitrogens is 2. The maximum absolute atomic E-state index is 10.9. The molecule has 0 amide bonds. The zero-order valence-corrected chi connectivity index (χ0v) is 10.5. The molecular formula is C13H21N3O. The molecule has 2 fully saturated rings. The number of aliphatic hydroxyl groups is 1. The monoisotopic (exact) mass is 235 g/mol. The van der Waals surface area contributed by atoms with Crippen LogP contribution in [0.4, 0.5) is 0 Å². The molecule has 3 heterocycles. The van der Waals surface area contributed by atoms with Gasteiger partial charge in [-0.2, -0.15) is 5.10 Å². The molecule has 2 saturated heterocycles. The van der Waals surface area contributed by atoms with Crippen molar-refractivity contribution in [2.75, 3.05) is 13.1 Å². The number of nitrogens with zero attached hydrogens (tertiary/aromatic N) is 3. The lowest BCUT2D eigenvalue weighted by Gasteiger charge is -2.40. The van der Waals surface area contributed by atoms with Crippen LogP contribution in [-0.2, 0) is 12.1 Å². The third-order valence-electron chi connectivity index (χ3n) is 4.38. The molecule has 0 spiro atoms. The summed E-state index contributed by atoms with van der Waals surface area (Å²) in [6.07, 6.45) is 6.04. The van der Waals surface area contributed by atoms with Gasteiger partial charge >= 0.3 is 0 Å². The van der Waals surface area contributed by atoms with Gasteiger partial charge in [-0.25, -0.2) is 0 Å². The number of hydrogen-bond acceptors (Lipinski definition) is 3. The highest BCUT2D eigenvalue weighted by Gasteiger charge is 2.42. The standard InChI is InChI=1S/C13H21N3O/c1-2-16-12(5-7-14-16)13(17)6-9-15-8-3-4-11(15)10-13/h5,7,11,17H,2-4,6,8-10H2,1H3. The molecule has 0 saturated carbocycles. The molecule has 0 aliphatic carbocycles. The predicted molar refractivity (Wildman–Crippen MR) is 65.6 cm³/mol. The number of aryl methyl sites for hydroxylation is 1. The SMILES string of the molecule is CCn1nccc1C1(O)CCN2CCCC2C1. The van der Waals surface area contributed by atoms with E-state index < -0.39 is 5.60 Å². The van der Waals surface area contributed by atoms with Crippen molar-refractivity contribution in [2.24, 2.45) is 0 Å². The molecule has 2 unspecified atom stereocenters. The van der Waals surface area contributed by atoms with Crippen molar-refractivity contribution in [2.45, 2.75) is 50.8 Å². The predicted octanol–water partition coefficient (Wildman–Crippen LogP) is 1.35. The Labute approximate surface area is 102 Å². The van der Waals surface area contributed by atoms with Crippen LogP contribution in [0.5, 0.6) is 0 Å². The fourth-order valence-electron chi connectivity index (χ4n) is 3.45. The zero-order valence-electron chi connectivity index (χ0n) is 10.5. The van der Waals surface area contributed by atoms with E-state index in [1.165, 1.54) is 19.4 Å². The van der Waals surface area contributed by atoms with Gasteiger partial charge < -0.3 is 10.0 Å². The van der Waals surface area contributed by atoms with E-state index >= 15 is 0 Å². The molecule has 2 aliphatic rings. The average Bonchev–Trinajstić information content (AvgIpc) is 2.96. The van der Waals surface area contributed by atoms with Gasteiger partial charge in [-0.15, -0.1) is 0 Å². The van der Waals surface area contributed by atoms with E-state index in [4.69, 9.17) is 0 Å². The molecule has 3 rings (SSSR count). The van der Waals surface area contributed by atoms with Gasteiger partial charge in [0.05, 0.1) is 5.69 Å². The minimum Gasteiger partial charge on any atom is -0.383 e. The molecule has 2 atom stereocenters. The largest absolute Gasteiger partial charge is 0.383 e. The molecule has 94 valence electrons. The Morgan fingerprint density at radius 1 is 1.53 bits per heavy atom. The summed E-state index contributed by atoms with van der Waals surface area (Å²) in [6.45, 7) is 5.15. The van der Waals surface area contributed by atoms with Gasteiger partial charge in [0, 0.05) is 25.3 Å². The first-order valence-electron chi connectivity index (χ1n) is 6.72. The van der Waals surface area contributed by atoms with Crippen LogP contribution < -0.4 is 0 Å². The van der Waals surface area contributed by atoms with Gasteiger partial charge in [0.2, 0.25) is 0 Å². The van der Waals surface area contributed by atoms with E-state index in [-0.39, 0.29) is 0 Å². The van der Waals surface area contributed by atoms with Gasteiger partial charge in [0.25, 0.3) is 0 Å². The van der Waals surface area contributed by atoms with Crippen molar-refractivity contribution in [3.8, 4) is 0 Å². The molecule has 0 bridgehead atoms. The first kappa shape index (κ1) is 11.2. The molecule has 4 nitrogen and oxygen atoms in total. The van der Waals surface area contributed by atoms with Crippen molar-refractivity contribution in [1.82, 2.24) is 14.7 Å². The molecule has 0 radical (unpaired) electrons. The molecule has 1 aromatic rings. The van der Waals surface area contributed by atoms with Gasteiger partial charge in [-0.1, -0.05) is 0 Å². The van der Waals surface area contributed by atoms with Crippen LogP contribution in [-0.4, -0.2) is 38.9 Å². The lowest BCUT2D eigenvalue weighted by molar-refractivity contribution is -0.0471. The highest BCUT2D eigenvalue weighted by Crippen LogP contribution is 2.39. The molecule has 1 N–H and O–H groups in total. The van der Waals surface area contributed by atoms with Crippen LogP contribution in [0.1, 0.15) is 38.3 Å². The smallest absolute Gasteiger partial charge is 0.109 e. The van der Waals surface area contributed by atoms with Crippen LogP contribution >= 0.6 is 0 Å². The van der Waals surface area contributed by atoms with Crippen molar-refractivity contribution in [1.29, 1.82) is 0 Å². The normalized spacial score (nSPS) is 33.9. The van der Waals surface area contributed by atoms with E-state index in [0.29, 0.717) is 6.04 Å². The second kappa shape index (κ2) is 4.10. The third kappa shape index (κ3) is 1.79. The van der Waals surface area contributed by atoms with Crippen molar-refractivity contribution in [3.63, 3.8) is 0 Å². The maximum atomic E-state index is 10.9. The summed E-state index contributed by atoms with van der Waals surface area (Å²) in [5.41, 5.74) is 0.351. The first-order chi connectivity index (χ1) is 8.23. The molecule has 4 heteroatoms. The molecule has 17 heavy (non-hydrogen) atoms. The summed E-state index contributed by atoms with van der Waals surface area (Å²) in [5, 5.41) is 15.2. The summed E-state index contributed by atoms with van der Waals surface area (Å²) in [4.78, 5) is 2.53. The quantitative estimate of drug-likeness (QED) is 0.841. The van der Waals surface area contributed by atoms with Gasteiger partial charge in [-0.05, 0) is 45.2 Å². The molecule has 0 aromatic carbocycles. The Bertz CT molecular complexity index is 403. The highest BCUT2D eigenvalue weighted by atomic mass is 16.3. The van der Waals surface area contributed by atoms with Crippen LogP contribution in [0.25, 0.3) is 0 Å². The number of rotatable bonds is 2. The van der Waals surface area contributed by atoms with Gasteiger partial charge in [0.1, 0.15) is 5.60 Å². The van der Waals surface area contributed by atoms with E-state index in [0.717, 1.165) is 31.6 Å². The molecule has 2 aliphatic heterocycles. The summed E-state index contributed by atoms with van der Waals surface area (Å²) in [5.74, 6) is 0. The average molecular weight is 235 g/mol. The number of hydrogen-bond donors (Lipinski definition) is 1. The van der Waals surface area contributed by atoms with Gasteiger partial charge in [-0.3, -0.25) is 4.68 Å². The van der Waals surface area contributed by atoms with E-state index in [1.54, 1.807) is 6.20 Å². The Kier molecular flexibility index (Phi) is 2.71. The second-order valence-electron chi connectivity index (χ2n) is 5.35. The topological polar surface area (TPSA) is 41.3 Å². The number of fused-ring (bicyclic) bond motifs is 1. The first-order valence-corrected chi connectivity index (χ1v) is 6.72. The zero-order chi connectivity index (χ0) is 11.9. The number of piperidine rings is 1. The van der Waals surface area contributed by atoms with E-state index in [9.17, 15) is 5.11 Å². The minimum absolute atomic E-state index is 0.578. The van der Waals surface area contributed by atoms with Crippen molar-refractivity contribution < 1.29 is 5.11 Å². The second-order valence-corrected chi connectivity index (χ2v) is 5.35. The Hall–Kier alpha value is -0.870. The minimum atomic E-state index is -0.655. The highest BCUT2D eigenvalue weighted by molar-refractivity contribution is 5.15. The van der Waals surface area contributed by atoms with Crippen LogP contribution in [0, 0.1) is 0 Å². The lowest BCUT2D eigenvalue weighted by Crippen LogP contribution is -2.46. The van der Waals surface area contributed by atoms with Crippen molar-refractivity contribution in [3.05, 3.63) is 18.0 Å². The van der Waals surface area contributed by atoms with Crippen LogP contribution in [0.3, 0.4) is 0 Å². The fraction of sp³-hybridized carbons (Fsp3) is 0.769. The summed E-state index contributed by atoms with van der Waals surface area (Å²) in [7, 11) is 0. The Balaban J connectivity index is 1.86. The third-order valence-corrected chi connectivity index (χ3v) is 4.38. The van der Waals surface area contributed by atoms with Crippen molar-refractivity contribution >= 4 is 0 Å². The Morgan fingerprint density at radius 2 is 2.41 bits per heavy atom. The van der Waals surface area contributed by atoms with Crippen LogP contribution in [0.15, 0.2) is 12.3 Å². The van der Waals surface area contributed by atoms with Crippen LogP contribution in [0.2, 0.25) is 0 Å². The summed E-state index contributed by atoms with van der Waals surface area (Å²) < 4.78 is 1.94. The Morgan fingerprint density at radius 3 is 3.24 bits per heavy atom. The fourth-order valence-corrected chi connectivity index (χ4v) is 3.45. The molecule has 1 aromatic heterocycles. The maximum Gasteiger partial charge on any atom is 0.109 e. The summed E-state index contributed by atoms with van der Waals surface area (Å²) in [6, 6.07) is 2.56. The van der Waals surface area contributed by atoms with E-state index in [2.05, 4.69) is 16.9 Å². The molecular weight excluding hydrogens is 214 g/mol.